The summed E-state index contributed by atoms with van der Waals surface area (Å²) < 4.78 is 5.91. The molecule has 1 atom stereocenters. The highest BCUT2D eigenvalue weighted by Crippen LogP contribution is 2.23. The molecule has 152 valence electrons. The lowest BCUT2D eigenvalue weighted by Gasteiger charge is -2.35. The number of nitrogens with zero attached hydrogens (tertiary/aromatic N) is 3. The average molecular weight is 383 g/mol. The number of piperidine rings is 1. The largest absolute Gasteiger partial charge is 0.377 e. The van der Waals surface area contributed by atoms with Gasteiger partial charge in [-0.15, -0.1) is 0 Å². The third-order valence-electron chi connectivity index (χ3n) is 6.29. The molecule has 28 heavy (non-hydrogen) atoms. The van der Waals surface area contributed by atoms with E-state index in [0.29, 0.717) is 6.10 Å². The van der Waals surface area contributed by atoms with E-state index < -0.39 is 0 Å². The number of hydrogen-bond donors (Lipinski definition) is 1. The van der Waals surface area contributed by atoms with Gasteiger partial charge in [0.2, 0.25) is 0 Å². The maximum atomic E-state index is 5.91. The molecule has 4 rings (SSSR count). The van der Waals surface area contributed by atoms with Gasteiger partial charge >= 0.3 is 0 Å². The molecule has 0 saturated carbocycles. The number of H-pyrrole nitrogens is 1. The molecular weight excluding hydrogens is 348 g/mol. The first-order valence-electron chi connectivity index (χ1n) is 10.9. The molecular formula is C23H34N4O. The third-order valence-corrected chi connectivity index (χ3v) is 6.29. The van der Waals surface area contributed by atoms with E-state index >= 15 is 0 Å². The fourth-order valence-electron chi connectivity index (χ4n) is 4.60. The molecule has 2 saturated heterocycles. The molecule has 1 aromatic heterocycles. The Kier molecular flexibility index (Phi) is 6.78. The lowest BCUT2D eigenvalue weighted by atomic mass is 9.95. The van der Waals surface area contributed by atoms with Gasteiger partial charge in [0, 0.05) is 38.6 Å². The molecule has 2 aliphatic rings. The lowest BCUT2D eigenvalue weighted by molar-refractivity contribution is 0.0561. The topological polar surface area (TPSA) is 44.4 Å². The second kappa shape index (κ2) is 9.68. The van der Waals surface area contributed by atoms with Crippen molar-refractivity contribution in [2.75, 3.05) is 32.8 Å². The van der Waals surface area contributed by atoms with E-state index in [1.165, 1.54) is 49.9 Å². The zero-order valence-electron chi connectivity index (χ0n) is 17.1. The van der Waals surface area contributed by atoms with Gasteiger partial charge in [-0.2, -0.15) is 0 Å². The van der Waals surface area contributed by atoms with E-state index in [4.69, 9.17) is 4.74 Å². The Labute approximate surface area is 169 Å². The van der Waals surface area contributed by atoms with Crippen LogP contribution in [0, 0.1) is 12.8 Å². The van der Waals surface area contributed by atoms with Crippen LogP contribution in [-0.4, -0.2) is 58.7 Å². The minimum atomic E-state index is 0.399. The SMILES string of the molecule is Cc1ccccc1CN1CCC(CN(Cc2ncc[nH]2)C[C@H]2CCCO2)CC1. The Morgan fingerprint density at radius 3 is 2.75 bits per heavy atom. The molecule has 5 nitrogen and oxygen atoms in total. The quantitative estimate of drug-likeness (QED) is 0.757. The molecule has 1 aromatic carbocycles. The van der Waals surface area contributed by atoms with Crippen LogP contribution in [0.3, 0.4) is 0 Å². The van der Waals surface area contributed by atoms with Crippen molar-refractivity contribution in [3.63, 3.8) is 0 Å². The number of aryl methyl sites for hydroxylation is 1. The van der Waals surface area contributed by atoms with Crippen molar-refractivity contribution in [3.8, 4) is 0 Å². The summed E-state index contributed by atoms with van der Waals surface area (Å²) in [5.74, 6) is 1.83. The third kappa shape index (κ3) is 5.43. The summed E-state index contributed by atoms with van der Waals surface area (Å²) >= 11 is 0. The lowest BCUT2D eigenvalue weighted by Crippen LogP contribution is -2.40. The van der Waals surface area contributed by atoms with E-state index in [-0.39, 0.29) is 0 Å². The molecule has 2 aromatic rings. The predicted octanol–water partition coefficient (Wildman–Crippen LogP) is 3.61. The Morgan fingerprint density at radius 1 is 1.18 bits per heavy atom. The highest BCUT2D eigenvalue weighted by Gasteiger charge is 2.25. The minimum absolute atomic E-state index is 0.399. The van der Waals surface area contributed by atoms with Gasteiger partial charge in [0.05, 0.1) is 12.6 Å². The zero-order chi connectivity index (χ0) is 19.2. The fraction of sp³-hybridized carbons (Fsp3) is 0.609. The second-order valence-electron chi connectivity index (χ2n) is 8.51. The molecule has 0 bridgehead atoms. The van der Waals surface area contributed by atoms with Crippen LogP contribution in [0.25, 0.3) is 0 Å². The normalized spacial score (nSPS) is 21.6. The molecule has 1 N–H and O–H groups in total. The maximum Gasteiger partial charge on any atom is 0.120 e. The van der Waals surface area contributed by atoms with Crippen LogP contribution in [0.15, 0.2) is 36.7 Å². The van der Waals surface area contributed by atoms with Crippen molar-refractivity contribution < 1.29 is 4.74 Å². The highest BCUT2D eigenvalue weighted by molar-refractivity contribution is 5.25. The first-order valence-corrected chi connectivity index (χ1v) is 10.9. The van der Waals surface area contributed by atoms with E-state index in [9.17, 15) is 0 Å². The summed E-state index contributed by atoms with van der Waals surface area (Å²) in [6.07, 6.45) is 9.14. The molecule has 0 amide bonds. The van der Waals surface area contributed by atoms with Crippen LogP contribution < -0.4 is 0 Å². The van der Waals surface area contributed by atoms with Crippen molar-refractivity contribution in [1.29, 1.82) is 0 Å². The van der Waals surface area contributed by atoms with Crippen LogP contribution in [0.4, 0.5) is 0 Å². The summed E-state index contributed by atoms with van der Waals surface area (Å²) in [5.41, 5.74) is 2.88. The smallest absolute Gasteiger partial charge is 0.120 e. The zero-order valence-corrected chi connectivity index (χ0v) is 17.1. The number of aromatic nitrogens is 2. The van der Waals surface area contributed by atoms with Crippen LogP contribution in [-0.2, 0) is 17.8 Å². The highest BCUT2D eigenvalue weighted by atomic mass is 16.5. The predicted molar refractivity (Wildman–Crippen MR) is 112 cm³/mol. The average Bonchev–Trinajstić information content (AvgIpc) is 3.39. The fourth-order valence-corrected chi connectivity index (χ4v) is 4.60. The number of rotatable bonds is 8. The Balaban J connectivity index is 1.28. The summed E-state index contributed by atoms with van der Waals surface area (Å²) in [5, 5.41) is 0. The molecule has 2 fully saturated rings. The van der Waals surface area contributed by atoms with E-state index in [2.05, 4.69) is 51.0 Å². The van der Waals surface area contributed by atoms with Crippen molar-refractivity contribution in [1.82, 2.24) is 19.8 Å². The molecule has 0 radical (unpaired) electrons. The van der Waals surface area contributed by atoms with Gasteiger partial charge in [0.1, 0.15) is 5.82 Å². The minimum Gasteiger partial charge on any atom is -0.377 e. The van der Waals surface area contributed by atoms with Gasteiger partial charge in [0.15, 0.2) is 0 Å². The van der Waals surface area contributed by atoms with Crippen LogP contribution in [0.5, 0.6) is 0 Å². The van der Waals surface area contributed by atoms with E-state index in [1.807, 2.05) is 12.4 Å². The number of aromatic amines is 1. The summed E-state index contributed by atoms with van der Waals surface area (Å²) in [6.45, 7) is 9.72. The van der Waals surface area contributed by atoms with Gasteiger partial charge < -0.3 is 9.72 Å². The van der Waals surface area contributed by atoms with Crippen molar-refractivity contribution >= 4 is 0 Å². The summed E-state index contributed by atoms with van der Waals surface area (Å²) in [4.78, 5) is 12.9. The second-order valence-corrected chi connectivity index (χ2v) is 8.51. The van der Waals surface area contributed by atoms with Gasteiger partial charge in [-0.25, -0.2) is 4.98 Å². The number of likely N-dealkylation sites (tertiary alicyclic amines) is 1. The maximum absolute atomic E-state index is 5.91. The van der Waals surface area contributed by atoms with Crippen LogP contribution in [0.1, 0.15) is 42.6 Å². The van der Waals surface area contributed by atoms with Crippen LogP contribution >= 0.6 is 0 Å². The number of nitrogens with one attached hydrogen (secondary N) is 1. The van der Waals surface area contributed by atoms with E-state index in [0.717, 1.165) is 44.5 Å². The standard InChI is InChI=1S/C23H34N4O/c1-19-5-2-3-6-21(19)16-26-12-8-20(9-13-26)15-27(17-22-7-4-14-28-22)18-23-24-10-11-25-23/h2-3,5-6,10-11,20,22H,4,7-9,12-18H2,1H3,(H,24,25)/t22-/m1/s1. The monoisotopic (exact) mass is 382 g/mol. The molecule has 0 aliphatic carbocycles. The first-order chi connectivity index (χ1) is 13.8. The molecule has 3 heterocycles. The Bertz CT molecular complexity index is 703. The summed E-state index contributed by atoms with van der Waals surface area (Å²) in [6, 6.07) is 8.78. The van der Waals surface area contributed by atoms with Crippen molar-refractivity contribution in [2.45, 2.75) is 51.8 Å². The van der Waals surface area contributed by atoms with E-state index in [1.54, 1.807) is 0 Å². The van der Waals surface area contributed by atoms with Crippen LogP contribution in [0.2, 0.25) is 0 Å². The number of imidazole rings is 1. The molecule has 0 spiro atoms. The first kappa shape index (κ1) is 19.6. The Hall–Kier alpha value is -1.69. The van der Waals surface area contributed by atoms with Gasteiger partial charge in [-0.1, -0.05) is 24.3 Å². The molecule has 0 unspecified atom stereocenters. The van der Waals surface area contributed by atoms with Gasteiger partial charge in [0.25, 0.3) is 0 Å². The number of hydrogen-bond acceptors (Lipinski definition) is 4. The van der Waals surface area contributed by atoms with Crippen molar-refractivity contribution in [2.24, 2.45) is 5.92 Å². The van der Waals surface area contributed by atoms with Gasteiger partial charge in [-0.3, -0.25) is 9.80 Å². The number of benzene rings is 1. The van der Waals surface area contributed by atoms with Gasteiger partial charge in [-0.05, 0) is 62.7 Å². The molecule has 5 heteroatoms. The Morgan fingerprint density at radius 2 is 2.04 bits per heavy atom. The van der Waals surface area contributed by atoms with Crippen molar-refractivity contribution in [3.05, 3.63) is 53.6 Å². The number of ether oxygens (including phenoxy) is 1. The summed E-state index contributed by atoms with van der Waals surface area (Å²) in [7, 11) is 0. The molecule has 2 aliphatic heterocycles.